The first-order chi connectivity index (χ1) is 14.7. The van der Waals surface area contributed by atoms with Gasteiger partial charge in [0.15, 0.2) is 0 Å². The Morgan fingerprint density at radius 2 is 2.00 bits per heavy atom. The van der Waals surface area contributed by atoms with Crippen molar-refractivity contribution in [3.05, 3.63) is 54.5 Å². The van der Waals surface area contributed by atoms with Crippen molar-refractivity contribution in [1.29, 1.82) is 0 Å². The van der Waals surface area contributed by atoms with Crippen LogP contribution in [0.5, 0.6) is 5.88 Å². The molecule has 3 aromatic rings. The largest absolute Gasteiger partial charge is 0.481 e. The predicted octanol–water partition coefficient (Wildman–Crippen LogP) is 3.04. The molecule has 5 rings (SSSR count). The predicted molar refractivity (Wildman–Crippen MR) is 112 cm³/mol. The van der Waals surface area contributed by atoms with Gasteiger partial charge in [0.2, 0.25) is 5.88 Å². The molecular weight excluding hydrogens is 380 g/mol. The third-order valence-electron chi connectivity index (χ3n) is 6.50. The summed E-state index contributed by atoms with van der Waals surface area (Å²) in [5.41, 5.74) is 2.77. The standard InChI is InChI=1S/C23H26N4O3/c1-29-21-17(5-4-10-24-21)14-26-11-8-23(9-12-26)13-18(30-22(23)28)15-27-16-25-19-6-2-3-7-20(19)27/h2-7,10,16,18H,8-9,11-15H2,1H3. The fourth-order valence-corrected chi connectivity index (χ4v) is 4.83. The van der Waals surface area contributed by atoms with E-state index in [1.807, 2.05) is 36.7 Å². The molecule has 4 heterocycles. The molecule has 7 heteroatoms. The molecule has 0 N–H and O–H groups in total. The maximum Gasteiger partial charge on any atom is 0.312 e. The molecule has 0 aliphatic carbocycles. The summed E-state index contributed by atoms with van der Waals surface area (Å²) in [4.78, 5) is 23.9. The summed E-state index contributed by atoms with van der Waals surface area (Å²) < 4.78 is 13.3. The van der Waals surface area contributed by atoms with Gasteiger partial charge in [-0.05, 0) is 44.1 Å². The smallest absolute Gasteiger partial charge is 0.312 e. The number of carbonyl (C=O) groups excluding carboxylic acids is 1. The molecule has 1 aromatic carbocycles. The average molecular weight is 406 g/mol. The van der Waals surface area contributed by atoms with Gasteiger partial charge in [-0.25, -0.2) is 9.97 Å². The topological polar surface area (TPSA) is 69.5 Å². The van der Waals surface area contributed by atoms with Crippen LogP contribution in [0.25, 0.3) is 11.0 Å². The highest BCUT2D eigenvalue weighted by Gasteiger charge is 2.50. The molecular formula is C23H26N4O3. The van der Waals surface area contributed by atoms with Gasteiger partial charge in [0.25, 0.3) is 0 Å². The lowest BCUT2D eigenvalue weighted by atomic mass is 9.76. The molecule has 0 amide bonds. The fraction of sp³-hybridized carbons (Fsp3) is 0.435. The number of nitrogens with zero attached hydrogens (tertiary/aromatic N) is 4. The van der Waals surface area contributed by atoms with Gasteiger partial charge in [0.05, 0.1) is 36.4 Å². The monoisotopic (exact) mass is 406 g/mol. The van der Waals surface area contributed by atoms with Gasteiger partial charge < -0.3 is 14.0 Å². The highest BCUT2D eigenvalue weighted by Crippen LogP contribution is 2.44. The molecule has 156 valence electrons. The van der Waals surface area contributed by atoms with Crippen molar-refractivity contribution in [2.75, 3.05) is 20.2 Å². The quantitative estimate of drug-likeness (QED) is 0.607. The van der Waals surface area contributed by atoms with Crippen molar-refractivity contribution in [2.45, 2.75) is 38.5 Å². The van der Waals surface area contributed by atoms with E-state index in [4.69, 9.17) is 9.47 Å². The lowest BCUT2D eigenvalue weighted by molar-refractivity contribution is -0.151. The molecule has 7 nitrogen and oxygen atoms in total. The van der Waals surface area contributed by atoms with Crippen molar-refractivity contribution in [3.8, 4) is 5.88 Å². The maximum atomic E-state index is 12.8. The van der Waals surface area contributed by atoms with Crippen LogP contribution < -0.4 is 4.74 Å². The Bertz CT molecular complexity index is 1060. The molecule has 2 aromatic heterocycles. The zero-order valence-corrected chi connectivity index (χ0v) is 17.2. The van der Waals surface area contributed by atoms with Crippen LogP contribution in [0.2, 0.25) is 0 Å². The third-order valence-corrected chi connectivity index (χ3v) is 6.50. The number of carbonyl (C=O) groups is 1. The molecule has 2 aliphatic heterocycles. The molecule has 0 bridgehead atoms. The molecule has 2 aliphatic rings. The minimum absolute atomic E-state index is 0.0319. The summed E-state index contributed by atoms with van der Waals surface area (Å²) in [5, 5.41) is 0. The summed E-state index contributed by atoms with van der Waals surface area (Å²) >= 11 is 0. The number of pyridine rings is 1. The van der Waals surface area contributed by atoms with E-state index in [9.17, 15) is 4.79 Å². The van der Waals surface area contributed by atoms with E-state index in [0.717, 1.165) is 55.5 Å². The molecule has 2 fully saturated rings. The van der Waals surface area contributed by atoms with E-state index in [-0.39, 0.29) is 17.5 Å². The van der Waals surface area contributed by atoms with E-state index < -0.39 is 0 Å². The first kappa shape index (κ1) is 19.1. The summed E-state index contributed by atoms with van der Waals surface area (Å²) in [5.74, 6) is 0.640. The number of esters is 1. The Morgan fingerprint density at radius 1 is 1.17 bits per heavy atom. The van der Waals surface area contributed by atoms with Crippen LogP contribution in [0, 0.1) is 5.41 Å². The zero-order chi connectivity index (χ0) is 20.6. The van der Waals surface area contributed by atoms with Crippen LogP contribution in [0.3, 0.4) is 0 Å². The molecule has 1 unspecified atom stereocenters. The van der Waals surface area contributed by atoms with Gasteiger partial charge in [-0.15, -0.1) is 0 Å². The van der Waals surface area contributed by atoms with Gasteiger partial charge in [-0.3, -0.25) is 9.69 Å². The van der Waals surface area contributed by atoms with Crippen molar-refractivity contribution in [3.63, 3.8) is 0 Å². The first-order valence-electron chi connectivity index (χ1n) is 10.5. The van der Waals surface area contributed by atoms with Crippen molar-refractivity contribution in [2.24, 2.45) is 5.41 Å². The summed E-state index contributed by atoms with van der Waals surface area (Å²) in [6.45, 7) is 3.18. The Morgan fingerprint density at radius 3 is 2.83 bits per heavy atom. The molecule has 0 saturated carbocycles. The SMILES string of the molecule is COc1ncccc1CN1CCC2(CC1)CC(Cn1cnc3ccccc31)OC2=O. The Hall–Kier alpha value is -2.93. The summed E-state index contributed by atoms with van der Waals surface area (Å²) in [6, 6.07) is 12.0. The van der Waals surface area contributed by atoms with Gasteiger partial charge in [0.1, 0.15) is 6.10 Å². The van der Waals surface area contributed by atoms with E-state index in [1.165, 1.54) is 0 Å². The van der Waals surface area contributed by atoms with Crippen LogP contribution in [0.15, 0.2) is 48.9 Å². The molecule has 0 radical (unpaired) electrons. The molecule has 1 spiro atoms. The van der Waals surface area contributed by atoms with Gasteiger partial charge >= 0.3 is 5.97 Å². The van der Waals surface area contributed by atoms with Gasteiger partial charge in [-0.1, -0.05) is 18.2 Å². The first-order valence-corrected chi connectivity index (χ1v) is 10.5. The Kier molecular flexibility index (Phi) is 4.90. The number of cyclic esters (lactones) is 1. The molecule has 1 atom stereocenters. The highest BCUT2D eigenvalue weighted by molar-refractivity contribution is 5.79. The molecule has 2 saturated heterocycles. The summed E-state index contributed by atoms with van der Waals surface area (Å²) in [6.07, 6.45) is 5.92. The number of methoxy groups -OCH3 is 1. The number of benzene rings is 1. The number of aromatic nitrogens is 3. The Labute approximate surface area is 175 Å². The van der Waals surface area contributed by atoms with Gasteiger partial charge in [-0.2, -0.15) is 0 Å². The van der Waals surface area contributed by atoms with E-state index >= 15 is 0 Å². The van der Waals surface area contributed by atoms with Crippen molar-refractivity contribution >= 4 is 17.0 Å². The third kappa shape index (κ3) is 3.43. The summed E-state index contributed by atoms with van der Waals surface area (Å²) in [7, 11) is 1.65. The van der Waals surface area contributed by atoms with Crippen LogP contribution in [-0.2, 0) is 22.6 Å². The number of fused-ring (bicyclic) bond motifs is 1. The fourth-order valence-electron chi connectivity index (χ4n) is 4.83. The normalized spacial score (nSPS) is 21.2. The maximum absolute atomic E-state index is 12.8. The second kappa shape index (κ2) is 7.72. The van der Waals surface area contributed by atoms with Crippen molar-refractivity contribution < 1.29 is 14.3 Å². The number of ether oxygens (including phenoxy) is 2. The Balaban J connectivity index is 1.23. The number of rotatable bonds is 5. The minimum atomic E-state index is -0.351. The van der Waals surface area contributed by atoms with E-state index in [1.54, 1.807) is 13.3 Å². The lowest BCUT2D eigenvalue weighted by Gasteiger charge is -2.36. The number of piperidine rings is 1. The van der Waals surface area contributed by atoms with E-state index in [2.05, 4.69) is 25.5 Å². The number of imidazole rings is 1. The van der Waals surface area contributed by atoms with Crippen LogP contribution in [0.1, 0.15) is 24.8 Å². The zero-order valence-electron chi connectivity index (χ0n) is 17.2. The second-order valence-electron chi connectivity index (χ2n) is 8.35. The van der Waals surface area contributed by atoms with Crippen molar-refractivity contribution in [1.82, 2.24) is 19.4 Å². The molecule has 30 heavy (non-hydrogen) atoms. The number of likely N-dealkylation sites (tertiary alicyclic amines) is 1. The van der Waals surface area contributed by atoms with E-state index in [0.29, 0.717) is 12.4 Å². The average Bonchev–Trinajstić information content (AvgIpc) is 3.31. The van der Waals surface area contributed by atoms with Gasteiger partial charge in [0, 0.05) is 24.7 Å². The lowest BCUT2D eigenvalue weighted by Crippen LogP contribution is -2.42. The van der Waals surface area contributed by atoms with Crippen LogP contribution in [0.4, 0.5) is 0 Å². The van der Waals surface area contributed by atoms with Crippen LogP contribution in [-0.4, -0.2) is 51.7 Å². The number of hydrogen-bond acceptors (Lipinski definition) is 6. The van der Waals surface area contributed by atoms with Crippen LogP contribution >= 0.6 is 0 Å². The highest BCUT2D eigenvalue weighted by atomic mass is 16.6. The number of para-hydroxylation sites is 2. The number of hydrogen-bond donors (Lipinski definition) is 0. The second-order valence-corrected chi connectivity index (χ2v) is 8.35. The minimum Gasteiger partial charge on any atom is -0.481 e.